The SMILES string of the molecule is COCc1ccccc1CNC(=O)N(Cc1ccco1)Cc1cccs1. The highest BCUT2D eigenvalue weighted by Crippen LogP contribution is 2.16. The number of hydrogen-bond acceptors (Lipinski definition) is 4. The Hall–Kier alpha value is -2.57. The van der Waals surface area contributed by atoms with Crippen LogP contribution in [0.25, 0.3) is 0 Å². The summed E-state index contributed by atoms with van der Waals surface area (Å²) in [6.07, 6.45) is 1.62. The maximum Gasteiger partial charge on any atom is 0.318 e. The molecule has 26 heavy (non-hydrogen) atoms. The molecular weight excluding hydrogens is 348 g/mol. The first kappa shape index (κ1) is 18.2. The van der Waals surface area contributed by atoms with Gasteiger partial charge in [-0.2, -0.15) is 0 Å². The Balaban J connectivity index is 1.67. The number of benzene rings is 1. The Labute approximate surface area is 157 Å². The molecule has 136 valence electrons. The van der Waals surface area contributed by atoms with E-state index in [2.05, 4.69) is 5.32 Å². The molecule has 0 saturated carbocycles. The molecule has 0 atom stereocenters. The van der Waals surface area contributed by atoms with Gasteiger partial charge in [-0.25, -0.2) is 4.79 Å². The van der Waals surface area contributed by atoms with E-state index in [0.29, 0.717) is 26.2 Å². The second kappa shape index (κ2) is 9.22. The van der Waals surface area contributed by atoms with Crippen molar-refractivity contribution in [3.8, 4) is 0 Å². The zero-order chi connectivity index (χ0) is 18.2. The van der Waals surface area contributed by atoms with Gasteiger partial charge in [-0.05, 0) is 34.7 Å². The molecule has 0 aliphatic carbocycles. The van der Waals surface area contributed by atoms with Crippen molar-refractivity contribution in [1.82, 2.24) is 10.2 Å². The highest BCUT2D eigenvalue weighted by molar-refractivity contribution is 7.09. The number of methoxy groups -OCH3 is 1. The fourth-order valence-electron chi connectivity index (χ4n) is 2.69. The average molecular weight is 370 g/mol. The van der Waals surface area contributed by atoms with Gasteiger partial charge in [0.2, 0.25) is 0 Å². The minimum Gasteiger partial charge on any atom is -0.467 e. The number of hydrogen-bond donors (Lipinski definition) is 1. The molecule has 0 saturated heterocycles. The Kier molecular flexibility index (Phi) is 6.46. The van der Waals surface area contributed by atoms with Crippen molar-refractivity contribution in [2.24, 2.45) is 0 Å². The van der Waals surface area contributed by atoms with E-state index >= 15 is 0 Å². The minimum atomic E-state index is -0.123. The number of furan rings is 1. The quantitative estimate of drug-likeness (QED) is 0.639. The minimum absolute atomic E-state index is 0.123. The topological polar surface area (TPSA) is 54.7 Å². The first-order chi connectivity index (χ1) is 12.8. The van der Waals surface area contributed by atoms with E-state index < -0.39 is 0 Å². The van der Waals surface area contributed by atoms with Gasteiger partial charge in [-0.15, -0.1) is 11.3 Å². The lowest BCUT2D eigenvalue weighted by molar-refractivity contribution is 0.182. The van der Waals surface area contributed by atoms with Crippen LogP contribution >= 0.6 is 11.3 Å². The standard InChI is InChI=1S/C20H22N2O3S/c1-24-15-17-7-3-2-6-16(17)12-21-20(23)22(13-18-8-4-10-25-18)14-19-9-5-11-26-19/h2-11H,12-15H2,1H3,(H,21,23). The fraction of sp³-hybridized carbons (Fsp3) is 0.250. The van der Waals surface area contributed by atoms with E-state index in [9.17, 15) is 4.79 Å². The first-order valence-corrected chi connectivity index (χ1v) is 9.27. The lowest BCUT2D eigenvalue weighted by Gasteiger charge is -2.22. The molecule has 2 heterocycles. The number of urea groups is 1. The molecule has 3 rings (SSSR count). The van der Waals surface area contributed by atoms with Crippen LogP contribution in [0.4, 0.5) is 4.79 Å². The van der Waals surface area contributed by atoms with Gasteiger partial charge in [0.25, 0.3) is 0 Å². The van der Waals surface area contributed by atoms with Crippen LogP contribution in [0.1, 0.15) is 21.8 Å². The summed E-state index contributed by atoms with van der Waals surface area (Å²) < 4.78 is 10.6. The Morgan fingerprint density at radius 2 is 1.96 bits per heavy atom. The molecule has 2 amide bonds. The van der Waals surface area contributed by atoms with Crippen LogP contribution in [0.2, 0.25) is 0 Å². The van der Waals surface area contributed by atoms with Gasteiger partial charge in [0.1, 0.15) is 5.76 Å². The van der Waals surface area contributed by atoms with Gasteiger partial charge in [0.05, 0.1) is 26.0 Å². The van der Waals surface area contributed by atoms with Crippen LogP contribution in [0.3, 0.4) is 0 Å². The molecule has 1 N–H and O–H groups in total. The van der Waals surface area contributed by atoms with Gasteiger partial charge >= 0.3 is 6.03 Å². The number of carbonyl (C=O) groups excluding carboxylic acids is 1. The van der Waals surface area contributed by atoms with Gasteiger partial charge in [0.15, 0.2) is 0 Å². The van der Waals surface area contributed by atoms with Crippen LogP contribution in [-0.2, 0) is 31.0 Å². The largest absolute Gasteiger partial charge is 0.467 e. The molecular formula is C20H22N2O3S. The Morgan fingerprint density at radius 3 is 2.65 bits per heavy atom. The molecule has 0 aliphatic rings. The summed E-state index contributed by atoms with van der Waals surface area (Å²) in [7, 11) is 1.67. The van der Waals surface area contributed by atoms with Crippen molar-refractivity contribution in [2.75, 3.05) is 7.11 Å². The first-order valence-electron chi connectivity index (χ1n) is 8.39. The van der Waals surface area contributed by atoms with E-state index in [1.54, 1.807) is 29.6 Å². The summed E-state index contributed by atoms with van der Waals surface area (Å²) >= 11 is 1.64. The Bertz CT molecular complexity index is 764. The third kappa shape index (κ3) is 4.97. The zero-order valence-electron chi connectivity index (χ0n) is 14.7. The van der Waals surface area contributed by atoms with Crippen molar-refractivity contribution >= 4 is 17.4 Å². The van der Waals surface area contributed by atoms with Crippen molar-refractivity contribution in [3.05, 3.63) is 81.9 Å². The number of ether oxygens (including phenoxy) is 1. The smallest absolute Gasteiger partial charge is 0.318 e. The monoisotopic (exact) mass is 370 g/mol. The van der Waals surface area contributed by atoms with E-state index in [1.165, 1.54) is 0 Å². The molecule has 0 bridgehead atoms. The van der Waals surface area contributed by atoms with E-state index in [0.717, 1.165) is 21.8 Å². The molecule has 2 aromatic heterocycles. The molecule has 5 nitrogen and oxygen atoms in total. The van der Waals surface area contributed by atoms with Gasteiger partial charge in [0, 0.05) is 18.5 Å². The van der Waals surface area contributed by atoms with Crippen molar-refractivity contribution in [2.45, 2.75) is 26.2 Å². The van der Waals surface area contributed by atoms with Crippen LogP contribution in [0.15, 0.2) is 64.6 Å². The van der Waals surface area contributed by atoms with Gasteiger partial charge in [-0.3, -0.25) is 0 Å². The van der Waals surface area contributed by atoms with E-state index in [-0.39, 0.29) is 6.03 Å². The molecule has 0 fully saturated rings. The molecule has 0 unspecified atom stereocenters. The second-order valence-electron chi connectivity index (χ2n) is 5.88. The number of nitrogens with one attached hydrogen (secondary N) is 1. The number of nitrogens with zero attached hydrogens (tertiary/aromatic N) is 1. The number of thiophene rings is 1. The zero-order valence-corrected chi connectivity index (χ0v) is 15.5. The second-order valence-corrected chi connectivity index (χ2v) is 6.91. The lowest BCUT2D eigenvalue weighted by Crippen LogP contribution is -2.38. The van der Waals surface area contributed by atoms with Crippen molar-refractivity contribution in [3.63, 3.8) is 0 Å². The van der Waals surface area contributed by atoms with Gasteiger partial charge in [-0.1, -0.05) is 30.3 Å². The van der Waals surface area contributed by atoms with Crippen LogP contribution in [-0.4, -0.2) is 18.0 Å². The van der Waals surface area contributed by atoms with Gasteiger partial charge < -0.3 is 19.4 Å². The summed E-state index contributed by atoms with van der Waals surface area (Å²) in [5.41, 5.74) is 2.13. The van der Waals surface area contributed by atoms with Crippen molar-refractivity contribution < 1.29 is 13.9 Å². The molecule has 0 aliphatic heterocycles. The summed E-state index contributed by atoms with van der Waals surface area (Å²) in [6, 6.07) is 15.6. The highest BCUT2D eigenvalue weighted by Gasteiger charge is 2.16. The molecule has 1 aromatic carbocycles. The normalized spacial score (nSPS) is 10.7. The van der Waals surface area contributed by atoms with Crippen LogP contribution in [0, 0.1) is 0 Å². The number of rotatable bonds is 8. The summed E-state index contributed by atoms with van der Waals surface area (Å²) in [6.45, 7) is 1.95. The van der Waals surface area contributed by atoms with E-state index in [4.69, 9.17) is 9.15 Å². The number of amides is 2. The maximum atomic E-state index is 12.8. The lowest BCUT2D eigenvalue weighted by atomic mass is 10.1. The summed E-state index contributed by atoms with van der Waals surface area (Å²) in [5.74, 6) is 0.761. The maximum absolute atomic E-state index is 12.8. The van der Waals surface area contributed by atoms with Crippen LogP contribution in [0.5, 0.6) is 0 Å². The van der Waals surface area contributed by atoms with Crippen LogP contribution < -0.4 is 5.32 Å². The highest BCUT2D eigenvalue weighted by atomic mass is 32.1. The summed E-state index contributed by atoms with van der Waals surface area (Å²) in [4.78, 5) is 15.7. The molecule has 0 radical (unpaired) electrons. The molecule has 3 aromatic rings. The predicted molar refractivity (Wildman–Crippen MR) is 102 cm³/mol. The molecule has 6 heteroatoms. The third-order valence-corrected chi connectivity index (χ3v) is 4.85. The number of carbonyl (C=O) groups is 1. The van der Waals surface area contributed by atoms with E-state index in [1.807, 2.05) is 53.9 Å². The molecule has 0 spiro atoms. The predicted octanol–water partition coefficient (Wildman–Crippen LogP) is 4.40. The third-order valence-electron chi connectivity index (χ3n) is 3.99. The summed E-state index contributed by atoms with van der Waals surface area (Å²) in [5, 5.41) is 5.03. The van der Waals surface area contributed by atoms with Crippen molar-refractivity contribution in [1.29, 1.82) is 0 Å². The Morgan fingerprint density at radius 1 is 1.12 bits per heavy atom. The average Bonchev–Trinajstić information content (AvgIpc) is 3.34. The fourth-order valence-corrected chi connectivity index (χ4v) is 3.41.